The molecule has 4 nitrogen and oxygen atoms in total. The molecule has 0 aliphatic carbocycles. The number of imidazole rings is 2. The minimum Gasteiger partial charge on any atom is -0.230 e. The van der Waals surface area contributed by atoms with E-state index >= 15 is 0 Å². The molecule has 0 saturated carbocycles. The molecule has 3 aromatic carbocycles. The molecular weight excluding hydrogens is 488 g/mol. The summed E-state index contributed by atoms with van der Waals surface area (Å²) in [6.45, 7) is 8.52. The van der Waals surface area contributed by atoms with Crippen LogP contribution in [0.3, 0.4) is 0 Å². The van der Waals surface area contributed by atoms with Crippen LogP contribution in [0.15, 0.2) is 85.5 Å². The van der Waals surface area contributed by atoms with Gasteiger partial charge in [-0.3, -0.25) is 0 Å². The molecule has 0 aliphatic heterocycles. The Kier molecular flexibility index (Phi) is 10.1. The third-order valence-corrected chi connectivity index (χ3v) is 8.36. The third-order valence-electron chi connectivity index (χ3n) is 8.36. The summed E-state index contributed by atoms with van der Waals surface area (Å²) in [5, 5.41) is 0. The van der Waals surface area contributed by atoms with E-state index in [1.165, 1.54) is 97.4 Å². The highest BCUT2D eigenvalue weighted by Gasteiger charge is 2.19. The van der Waals surface area contributed by atoms with Crippen LogP contribution in [0.1, 0.15) is 89.2 Å². The van der Waals surface area contributed by atoms with E-state index in [2.05, 4.69) is 118 Å². The highest BCUT2D eigenvalue weighted by Crippen LogP contribution is 2.17. The van der Waals surface area contributed by atoms with Gasteiger partial charge in [0, 0.05) is 11.1 Å². The van der Waals surface area contributed by atoms with Gasteiger partial charge in [-0.25, -0.2) is 18.3 Å². The first-order valence-electron chi connectivity index (χ1n) is 15.8. The smallest absolute Gasteiger partial charge is 0.230 e. The van der Waals surface area contributed by atoms with Gasteiger partial charge >= 0.3 is 0 Å². The summed E-state index contributed by atoms with van der Waals surface area (Å²) in [5.74, 6) is 0. The van der Waals surface area contributed by atoms with Gasteiger partial charge in [-0.05, 0) is 49.9 Å². The molecule has 0 fully saturated rings. The fourth-order valence-electron chi connectivity index (χ4n) is 6.10. The number of aryl methyl sites for hydroxylation is 2. The van der Waals surface area contributed by atoms with E-state index in [9.17, 15) is 0 Å². The summed E-state index contributed by atoms with van der Waals surface area (Å²) in [5.41, 5.74) is 8.10. The van der Waals surface area contributed by atoms with Crippen molar-refractivity contribution in [2.24, 2.45) is 0 Å². The van der Waals surface area contributed by atoms with Gasteiger partial charge in [0.1, 0.15) is 13.1 Å². The topological polar surface area (TPSA) is 17.6 Å². The number of hydrogen-bond acceptors (Lipinski definition) is 0. The van der Waals surface area contributed by atoms with Crippen molar-refractivity contribution < 1.29 is 9.13 Å². The molecule has 0 saturated heterocycles. The van der Waals surface area contributed by atoms with Gasteiger partial charge in [0.05, 0.1) is 13.1 Å². The normalized spacial score (nSPS) is 11.7. The summed E-state index contributed by atoms with van der Waals surface area (Å²) >= 11 is 0. The monoisotopic (exact) mass is 536 g/mol. The van der Waals surface area contributed by atoms with E-state index in [1.807, 2.05) is 0 Å². The Morgan fingerprint density at radius 3 is 1.32 bits per heavy atom. The first-order valence-corrected chi connectivity index (χ1v) is 15.8. The van der Waals surface area contributed by atoms with Gasteiger partial charge in [0.2, 0.25) is 12.7 Å². The number of rotatable bonds is 16. The Hall–Kier alpha value is -3.40. The first-order chi connectivity index (χ1) is 19.8. The van der Waals surface area contributed by atoms with Crippen molar-refractivity contribution in [2.45, 2.75) is 104 Å². The molecule has 0 spiro atoms. The van der Waals surface area contributed by atoms with Gasteiger partial charge in [0.25, 0.3) is 0 Å². The Labute approximate surface area is 240 Å². The minimum absolute atomic E-state index is 0.885. The standard InChI is InChI=1S/C36H48N4/c1-3-5-7-9-17-25-37-29-39(35-23-15-13-21-33(35)37)27-31-19-11-12-20-32(31)28-40-30-38(26-18-10-8-6-4-2)34-22-14-16-24-36(34)40/h11-16,19-24,29-30H,3-10,17-18,25-28H2,1-2H3/q+2. The lowest BCUT2D eigenvalue weighted by Gasteiger charge is -2.07. The summed E-state index contributed by atoms with van der Waals surface area (Å²) in [4.78, 5) is 0. The zero-order valence-electron chi connectivity index (χ0n) is 24.8. The Morgan fingerprint density at radius 2 is 0.875 bits per heavy atom. The van der Waals surface area contributed by atoms with Crippen LogP contribution < -0.4 is 9.13 Å². The van der Waals surface area contributed by atoms with E-state index in [1.54, 1.807) is 0 Å². The maximum Gasteiger partial charge on any atom is 0.245 e. The second kappa shape index (κ2) is 14.3. The van der Waals surface area contributed by atoms with Crippen LogP contribution in [-0.4, -0.2) is 9.13 Å². The molecule has 0 aliphatic rings. The quantitative estimate of drug-likeness (QED) is 0.0893. The Morgan fingerprint density at radius 1 is 0.475 bits per heavy atom. The Bertz CT molecular complexity index is 1380. The molecule has 0 N–H and O–H groups in total. The third kappa shape index (κ3) is 6.83. The van der Waals surface area contributed by atoms with Crippen LogP contribution in [0.4, 0.5) is 0 Å². The van der Waals surface area contributed by atoms with Crippen molar-refractivity contribution in [3.63, 3.8) is 0 Å². The molecule has 0 unspecified atom stereocenters. The molecule has 0 bridgehead atoms. The summed E-state index contributed by atoms with van der Waals surface area (Å²) < 4.78 is 9.83. The van der Waals surface area contributed by atoms with Crippen molar-refractivity contribution in [1.82, 2.24) is 9.13 Å². The molecule has 5 rings (SSSR count). The van der Waals surface area contributed by atoms with Crippen molar-refractivity contribution in [1.29, 1.82) is 0 Å². The summed E-state index contributed by atoms with van der Waals surface area (Å²) in [7, 11) is 0. The van der Waals surface area contributed by atoms with Gasteiger partial charge in [-0.15, -0.1) is 0 Å². The number of para-hydroxylation sites is 4. The predicted octanol–water partition coefficient (Wildman–Crippen LogP) is 8.21. The molecule has 2 aromatic heterocycles. The lowest BCUT2D eigenvalue weighted by molar-refractivity contribution is -0.668. The number of nitrogens with zero attached hydrogens (tertiary/aromatic N) is 4. The molecule has 40 heavy (non-hydrogen) atoms. The lowest BCUT2D eigenvalue weighted by Crippen LogP contribution is -2.36. The minimum atomic E-state index is 0.885. The van der Waals surface area contributed by atoms with Crippen molar-refractivity contribution in [3.8, 4) is 0 Å². The predicted molar refractivity (Wildman–Crippen MR) is 166 cm³/mol. The van der Waals surface area contributed by atoms with Crippen LogP contribution in [0.2, 0.25) is 0 Å². The van der Waals surface area contributed by atoms with Crippen LogP contribution in [-0.2, 0) is 26.2 Å². The molecule has 0 atom stereocenters. The summed E-state index contributed by atoms with van der Waals surface area (Å²) in [6, 6.07) is 26.8. The zero-order chi connectivity index (χ0) is 27.6. The number of benzene rings is 3. The van der Waals surface area contributed by atoms with Crippen molar-refractivity contribution in [2.75, 3.05) is 0 Å². The van der Waals surface area contributed by atoms with Crippen LogP contribution in [0.5, 0.6) is 0 Å². The van der Waals surface area contributed by atoms with Crippen LogP contribution in [0.25, 0.3) is 22.1 Å². The van der Waals surface area contributed by atoms with Crippen LogP contribution in [0, 0.1) is 0 Å². The van der Waals surface area contributed by atoms with Crippen molar-refractivity contribution in [3.05, 3.63) is 96.6 Å². The first kappa shape index (κ1) is 28.1. The van der Waals surface area contributed by atoms with E-state index in [0.29, 0.717) is 0 Å². The molecule has 2 heterocycles. The number of fused-ring (bicyclic) bond motifs is 2. The van der Waals surface area contributed by atoms with E-state index in [-0.39, 0.29) is 0 Å². The number of aromatic nitrogens is 4. The fraction of sp³-hybridized carbons (Fsp3) is 0.444. The largest absolute Gasteiger partial charge is 0.245 e. The highest BCUT2D eigenvalue weighted by atomic mass is 15.1. The molecule has 4 heteroatoms. The zero-order valence-corrected chi connectivity index (χ0v) is 24.8. The molecule has 0 radical (unpaired) electrons. The highest BCUT2D eigenvalue weighted by molar-refractivity contribution is 5.72. The van der Waals surface area contributed by atoms with E-state index in [4.69, 9.17) is 0 Å². The van der Waals surface area contributed by atoms with Crippen LogP contribution >= 0.6 is 0 Å². The summed E-state index contributed by atoms with van der Waals surface area (Å²) in [6.07, 6.45) is 17.8. The molecular formula is C36H48N4+2. The van der Waals surface area contributed by atoms with Crippen molar-refractivity contribution >= 4 is 22.1 Å². The molecule has 210 valence electrons. The number of hydrogen-bond donors (Lipinski definition) is 0. The van der Waals surface area contributed by atoms with Gasteiger partial charge in [0.15, 0.2) is 22.1 Å². The lowest BCUT2D eigenvalue weighted by atomic mass is 10.1. The fourth-order valence-corrected chi connectivity index (χ4v) is 6.10. The average molecular weight is 537 g/mol. The van der Waals surface area contributed by atoms with Gasteiger partial charge in [-0.1, -0.05) is 101 Å². The molecule has 0 amide bonds. The van der Waals surface area contributed by atoms with E-state index < -0.39 is 0 Å². The van der Waals surface area contributed by atoms with Gasteiger partial charge < -0.3 is 0 Å². The second-order valence-electron chi connectivity index (χ2n) is 11.4. The number of unbranched alkanes of at least 4 members (excludes halogenated alkanes) is 8. The maximum atomic E-state index is 2.47. The average Bonchev–Trinajstić information content (AvgIpc) is 3.52. The maximum absolute atomic E-state index is 2.47. The van der Waals surface area contributed by atoms with Gasteiger partial charge in [-0.2, -0.15) is 0 Å². The second-order valence-corrected chi connectivity index (χ2v) is 11.4. The molecule has 5 aromatic rings. The SMILES string of the molecule is CCCCCCCn1c[n+](Cc2ccccc2C[n+]2cn(CCCCCCC)c3ccccc32)c2ccccc21. The Balaban J connectivity index is 1.36. The van der Waals surface area contributed by atoms with E-state index in [0.717, 1.165) is 26.2 Å².